The van der Waals surface area contributed by atoms with Crippen LogP contribution in [0.5, 0.6) is 0 Å². The lowest BCUT2D eigenvalue weighted by atomic mass is 9.98. The van der Waals surface area contributed by atoms with Crippen LogP contribution in [0.3, 0.4) is 0 Å². The summed E-state index contributed by atoms with van der Waals surface area (Å²) in [6.45, 7) is 5.87. The minimum absolute atomic E-state index is 0.123. The van der Waals surface area contributed by atoms with E-state index in [0.717, 1.165) is 32.5 Å². The Balaban J connectivity index is 2.12. The van der Waals surface area contributed by atoms with Crippen molar-refractivity contribution in [3.05, 3.63) is 34.6 Å². The Hall–Kier alpha value is -0.680. The molecule has 1 aliphatic heterocycles. The summed E-state index contributed by atoms with van der Waals surface area (Å²) in [6.07, 6.45) is 2.20. The summed E-state index contributed by atoms with van der Waals surface area (Å²) in [4.78, 5) is 4.67. The molecule has 21 heavy (non-hydrogen) atoms. The maximum absolute atomic E-state index is 14.3. The van der Waals surface area contributed by atoms with Crippen LogP contribution in [0.1, 0.15) is 31.4 Å². The molecular formula is C16H25ClFN3. The Labute approximate surface area is 131 Å². The van der Waals surface area contributed by atoms with Gasteiger partial charge < -0.3 is 10.6 Å². The first-order chi connectivity index (χ1) is 10.1. The van der Waals surface area contributed by atoms with E-state index < -0.39 is 0 Å². The molecule has 2 rings (SSSR count). The van der Waals surface area contributed by atoms with Gasteiger partial charge >= 0.3 is 0 Å². The van der Waals surface area contributed by atoms with Crippen molar-refractivity contribution >= 4 is 11.6 Å². The van der Waals surface area contributed by atoms with Crippen LogP contribution in [0.4, 0.5) is 4.39 Å². The van der Waals surface area contributed by atoms with Gasteiger partial charge in [0.05, 0.1) is 5.02 Å². The molecule has 1 aliphatic rings. The highest BCUT2D eigenvalue weighted by atomic mass is 35.5. The molecule has 0 amide bonds. The van der Waals surface area contributed by atoms with Crippen LogP contribution >= 0.6 is 11.6 Å². The highest BCUT2D eigenvalue weighted by Gasteiger charge is 2.28. The average molecular weight is 314 g/mol. The van der Waals surface area contributed by atoms with Crippen molar-refractivity contribution in [1.82, 2.24) is 9.80 Å². The van der Waals surface area contributed by atoms with Crippen molar-refractivity contribution < 1.29 is 4.39 Å². The Bertz CT molecular complexity index is 461. The van der Waals surface area contributed by atoms with Crippen molar-refractivity contribution in [3.8, 4) is 0 Å². The second-order valence-corrected chi connectivity index (χ2v) is 6.13. The van der Waals surface area contributed by atoms with Crippen LogP contribution in [0, 0.1) is 5.82 Å². The third-order valence-corrected chi connectivity index (χ3v) is 4.93. The first-order valence-electron chi connectivity index (χ1n) is 7.66. The van der Waals surface area contributed by atoms with E-state index in [1.54, 1.807) is 18.2 Å². The number of benzene rings is 1. The zero-order chi connectivity index (χ0) is 15.4. The lowest BCUT2D eigenvalue weighted by molar-refractivity contribution is 0.0994. The fourth-order valence-corrected chi connectivity index (χ4v) is 3.37. The van der Waals surface area contributed by atoms with Crippen molar-refractivity contribution in [3.63, 3.8) is 0 Å². The van der Waals surface area contributed by atoms with Crippen LogP contribution in [0.2, 0.25) is 5.02 Å². The van der Waals surface area contributed by atoms with Crippen molar-refractivity contribution in [2.75, 3.05) is 33.2 Å². The molecular weight excluding hydrogens is 289 g/mol. The number of rotatable bonds is 5. The van der Waals surface area contributed by atoms with Gasteiger partial charge in [-0.15, -0.1) is 0 Å². The molecule has 0 bridgehead atoms. The van der Waals surface area contributed by atoms with Gasteiger partial charge in [0, 0.05) is 24.2 Å². The van der Waals surface area contributed by atoms with Gasteiger partial charge in [-0.1, -0.05) is 30.7 Å². The van der Waals surface area contributed by atoms with E-state index in [9.17, 15) is 4.39 Å². The lowest BCUT2D eigenvalue weighted by Crippen LogP contribution is -2.46. The SMILES string of the molecule is CCN1CCC(N(C)C(CN)c2cccc(Cl)c2F)CC1. The predicted molar refractivity (Wildman–Crippen MR) is 86.1 cm³/mol. The smallest absolute Gasteiger partial charge is 0.146 e. The fraction of sp³-hybridized carbons (Fsp3) is 0.625. The van der Waals surface area contributed by atoms with E-state index in [1.165, 1.54) is 0 Å². The quantitative estimate of drug-likeness (QED) is 0.907. The highest BCUT2D eigenvalue weighted by Crippen LogP contribution is 2.29. The van der Waals surface area contributed by atoms with Crippen LogP contribution < -0.4 is 5.73 Å². The number of hydrogen-bond donors (Lipinski definition) is 1. The Morgan fingerprint density at radius 1 is 1.43 bits per heavy atom. The maximum atomic E-state index is 14.3. The van der Waals surface area contributed by atoms with E-state index >= 15 is 0 Å². The number of hydrogen-bond acceptors (Lipinski definition) is 3. The summed E-state index contributed by atoms with van der Waals surface area (Å²) in [6, 6.07) is 5.47. The standard InChI is InChI=1S/C16H25ClFN3/c1-3-21-9-7-12(8-10-21)20(2)15(11-19)13-5-4-6-14(17)16(13)18/h4-6,12,15H,3,7-11,19H2,1-2H3. The van der Waals surface area contributed by atoms with Gasteiger partial charge in [-0.2, -0.15) is 0 Å². The number of likely N-dealkylation sites (N-methyl/N-ethyl adjacent to an activating group) is 1. The van der Waals surface area contributed by atoms with Gasteiger partial charge in [-0.3, -0.25) is 4.90 Å². The third-order valence-electron chi connectivity index (χ3n) is 4.64. The van der Waals surface area contributed by atoms with Gasteiger partial charge in [0.25, 0.3) is 0 Å². The molecule has 1 aromatic rings. The Morgan fingerprint density at radius 3 is 2.67 bits per heavy atom. The number of nitrogens with zero attached hydrogens (tertiary/aromatic N) is 2. The first-order valence-corrected chi connectivity index (χ1v) is 8.04. The average Bonchev–Trinajstić information content (AvgIpc) is 2.52. The Morgan fingerprint density at radius 2 is 2.10 bits per heavy atom. The normalized spacial score (nSPS) is 19.1. The predicted octanol–water partition coefficient (Wildman–Crippen LogP) is 2.90. The van der Waals surface area contributed by atoms with E-state index in [0.29, 0.717) is 18.2 Å². The molecule has 0 saturated carbocycles. The summed E-state index contributed by atoms with van der Waals surface area (Å²) in [5, 5.41) is 0.167. The van der Waals surface area contributed by atoms with Crippen LogP contribution in [0.25, 0.3) is 0 Å². The van der Waals surface area contributed by atoms with Gasteiger partial charge in [0.2, 0.25) is 0 Å². The number of halogens is 2. The summed E-state index contributed by atoms with van der Waals surface area (Å²) >= 11 is 5.90. The second kappa shape index (κ2) is 7.54. The van der Waals surface area contributed by atoms with E-state index in [1.807, 2.05) is 7.05 Å². The van der Waals surface area contributed by atoms with Gasteiger partial charge in [-0.05, 0) is 45.6 Å². The Kier molecular flexibility index (Phi) is 5.99. The number of likely N-dealkylation sites (tertiary alicyclic amines) is 1. The second-order valence-electron chi connectivity index (χ2n) is 5.73. The van der Waals surface area contributed by atoms with Crippen molar-refractivity contribution in [1.29, 1.82) is 0 Å². The summed E-state index contributed by atoms with van der Waals surface area (Å²) in [7, 11) is 2.05. The van der Waals surface area contributed by atoms with Gasteiger partial charge in [0.15, 0.2) is 0 Å². The molecule has 2 N–H and O–H groups in total. The van der Waals surface area contributed by atoms with E-state index in [2.05, 4.69) is 16.7 Å². The zero-order valence-electron chi connectivity index (χ0n) is 12.9. The van der Waals surface area contributed by atoms with Gasteiger partial charge in [-0.25, -0.2) is 4.39 Å². The minimum atomic E-state index is -0.340. The molecule has 0 aromatic heterocycles. The molecule has 0 spiro atoms. The summed E-state index contributed by atoms with van der Waals surface area (Å²) in [5.74, 6) is -0.340. The molecule has 0 aliphatic carbocycles. The first kappa shape index (κ1) is 16.7. The monoisotopic (exact) mass is 313 g/mol. The molecule has 1 unspecified atom stereocenters. The molecule has 1 fully saturated rings. The summed E-state index contributed by atoms with van der Waals surface area (Å²) < 4.78 is 14.3. The largest absolute Gasteiger partial charge is 0.329 e. The van der Waals surface area contributed by atoms with Crippen LogP contribution in [-0.2, 0) is 0 Å². The molecule has 1 atom stereocenters. The van der Waals surface area contributed by atoms with Gasteiger partial charge in [0.1, 0.15) is 5.82 Å². The molecule has 118 valence electrons. The maximum Gasteiger partial charge on any atom is 0.146 e. The molecule has 1 saturated heterocycles. The summed E-state index contributed by atoms with van der Waals surface area (Å²) in [5.41, 5.74) is 6.53. The molecule has 1 heterocycles. The number of nitrogens with two attached hydrogens (primary N) is 1. The highest BCUT2D eigenvalue weighted by molar-refractivity contribution is 6.30. The van der Waals surface area contributed by atoms with Crippen LogP contribution in [0.15, 0.2) is 18.2 Å². The topological polar surface area (TPSA) is 32.5 Å². The number of piperidine rings is 1. The zero-order valence-corrected chi connectivity index (χ0v) is 13.6. The molecule has 1 aromatic carbocycles. The minimum Gasteiger partial charge on any atom is -0.329 e. The fourth-order valence-electron chi connectivity index (χ4n) is 3.19. The molecule has 3 nitrogen and oxygen atoms in total. The lowest BCUT2D eigenvalue weighted by Gasteiger charge is -2.40. The molecule has 0 radical (unpaired) electrons. The van der Waals surface area contributed by atoms with E-state index in [4.69, 9.17) is 17.3 Å². The van der Waals surface area contributed by atoms with Crippen molar-refractivity contribution in [2.24, 2.45) is 5.73 Å². The van der Waals surface area contributed by atoms with Crippen LogP contribution in [-0.4, -0.2) is 49.1 Å². The third kappa shape index (κ3) is 3.75. The molecule has 5 heteroatoms. The van der Waals surface area contributed by atoms with E-state index in [-0.39, 0.29) is 16.9 Å². The van der Waals surface area contributed by atoms with Crippen molar-refractivity contribution in [2.45, 2.75) is 31.8 Å².